The molecule has 0 radical (unpaired) electrons. The van der Waals surface area contributed by atoms with Crippen LogP contribution >= 0.6 is 0 Å². The molecule has 0 spiro atoms. The van der Waals surface area contributed by atoms with Crippen LogP contribution in [0, 0.1) is 65.1 Å². The molecule has 7 aliphatic rings. The summed E-state index contributed by atoms with van der Waals surface area (Å²) in [6.07, 6.45) is 63.9. The van der Waals surface area contributed by atoms with E-state index >= 15 is 0 Å². The smallest absolute Gasteiger partial charge is 0.0560 e. The summed E-state index contributed by atoms with van der Waals surface area (Å²) in [7, 11) is 0. The van der Waals surface area contributed by atoms with Crippen LogP contribution in [0.1, 0.15) is 245 Å². The minimum Gasteiger partial charge on any atom is -0.359 e. The van der Waals surface area contributed by atoms with Gasteiger partial charge >= 0.3 is 0 Å². The van der Waals surface area contributed by atoms with Gasteiger partial charge in [-0.05, 0) is 251 Å². The summed E-state index contributed by atoms with van der Waals surface area (Å²) in [6, 6.07) is 38.7. The second-order valence-corrected chi connectivity index (χ2v) is 32.4. The Morgan fingerprint density at radius 3 is 1.77 bits per heavy atom. The molecular formula is C93H125N3. The number of rotatable bonds is 28. The zero-order valence-electron chi connectivity index (χ0n) is 61.6. The van der Waals surface area contributed by atoms with E-state index < -0.39 is 0 Å². The number of hydrogen-bond acceptors (Lipinski definition) is 3. The van der Waals surface area contributed by atoms with Crippen molar-refractivity contribution in [2.45, 2.75) is 248 Å². The van der Waals surface area contributed by atoms with Crippen LogP contribution in [0.25, 0.3) is 16.7 Å². The minimum absolute atomic E-state index is 0.0276. The molecule has 2 N–H and O–H groups in total. The fraction of sp³-hybridized carbons (Fsp3) is 0.527. The molecule has 512 valence electrons. The summed E-state index contributed by atoms with van der Waals surface area (Å²) in [6.45, 7) is 26.0. The van der Waals surface area contributed by atoms with Gasteiger partial charge in [0, 0.05) is 41.1 Å². The van der Waals surface area contributed by atoms with Crippen molar-refractivity contribution < 1.29 is 0 Å². The number of unbranched alkanes of at least 4 members (excludes halogenated alkanes) is 6. The quantitative estimate of drug-likeness (QED) is 0.0454. The first-order valence-corrected chi connectivity index (χ1v) is 39.2. The monoisotopic (exact) mass is 1280 g/mol. The lowest BCUT2D eigenvalue weighted by atomic mass is 9.61. The Hall–Kier alpha value is -6.16. The lowest BCUT2D eigenvalue weighted by molar-refractivity contribution is 0.188. The van der Waals surface area contributed by atoms with Crippen molar-refractivity contribution in [3.63, 3.8) is 0 Å². The van der Waals surface area contributed by atoms with Gasteiger partial charge in [0.1, 0.15) is 0 Å². The van der Waals surface area contributed by atoms with Gasteiger partial charge in [-0.2, -0.15) is 0 Å². The van der Waals surface area contributed by atoms with Crippen LogP contribution in [0.4, 0.5) is 11.4 Å². The van der Waals surface area contributed by atoms with Gasteiger partial charge in [0.15, 0.2) is 0 Å². The molecule has 7 aliphatic carbocycles. The zero-order chi connectivity index (χ0) is 67.2. The Balaban J connectivity index is 0.875. The van der Waals surface area contributed by atoms with Crippen LogP contribution in [-0.4, -0.2) is 18.1 Å². The third-order valence-electron chi connectivity index (χ3n) is 23.9. The first-order chi connectivity index (χ1) is 46.6. The molecule has 13 atom stereocenters. The molecule has 0 saturated heterocycles. The Kier molecular flexibility index (Phi) is 25.2. The van der Waals surface area contributed by atoms with Crippen molar-refractivity contribution in [2.75, 3.05) is 9.80 Å². The molecule has 0 heterocycles. The van der Waals surface area contributed by atoms with E-state index in [-0.39, 0.29) is 12.1 Å². The van der Waals surface area contributed by atoms with E-state index in [1.165, 1.54) is 177 Å². The van der Waals surface area contributed by atoms with Crippen molar-refractivity contribution in [3.8, 4) is 11.1 Å². The van der Waals surface area contributed by atoms with Gasteiger partial charge < -0.3 is 15.5 Å². The van der Waals surface area contributed by atoms with E-state index in [1.807, 2.05) is 0 Å². The molecule has 0 bridgehead atoms. The highest BCUT2D eigenvalue weighted by Crippen LogP contribution is 2.52. The first-order valence-electron chi connectivity index (χ1n) is 39.2. The predicted octanol–water partition coefficient (Wildman–Crippen LogP) is 25.6. The van der Waals surface area contributed by atoms with Gasteiger partial charge in [-0.25, -0.2) is 0 Å². The summed E-state index contributed by atoms with van der Waals surface area (Å²) in [5.74, 6) is 7.54. The highest BCUT2D eigenvalue weighted by molar-refractivity contribution is 5.76. The summed E-state index contributed by atoms with van der Waals surface area (Å²) in [4.78, 5) is 5.57. The van der Waals surface area contributed by atoms with Crippen LogP contribution in [0.5, 0.6) is 0 Å². The van der Waals surface area contributed by atoms with Crippen LogP contribution < -0.4 is 15.5 Å². The van der Waals surface area contributed by atoms with Gasteiger partial charge in [0.05, 0.1) is 6.04 Å². The van der Waals surface area contributed by atoms with Crippen LogP contribution in [0.15, 0.2) is 210 Å². The van der Waals surface area contributed by atoms with Gasteiger partial charge in [-0.15, -0.1) is 0 Å². The Labute approximate surface area is 585 Å². The number of nitrogens with two attached hydrogens (primary N) is 1. The van der Waals surface area contributed by atoms with Crippen LogP contribution in [0.2, 0.25) is 0 Å². The van der Waals surface area contributed by atoms with Crippen molar-refractivity contribution in [1.82, 2.24) is 0 Å². The number of anilines is 2. The normalized spacial score (nSPS) is 27.1. The molecule has 11 rings (SSSR count). The zero-order valence-corrected chi connectivity index (χ0v) is 61.6. The minimum atomic E-state index is 0.0276. The molecule has 0 aliphatic heterocycles. The molecule has 3 nitrogen and oxygen atoms in total. The maximum absolute atomic E-state index is 6.29. The highest BCUT2D eigenvalue weighted by Gasteiger charge is 2.42. The molecule has 0 saturated carbocycles. The molecular weight excluding hydrogens is 1160 g/mol. The van der Waals surface area contributed by atoms with E-state index in [0.29, 0.717) is 71.3 Å². The summed E-state index contributed by atoms with van der Waals surface area (Å²) < 4.78 is 0. The molecule has 4 aromatic carbocycles. The van der Waals surface area contributed by atoms with Crippen LogP contribution in [0.3, 0.4) is 0 Å². The Bertz CT molecular complexity index is 3450. The third-order valence-corrected chi connectivity index (χ3v) is 23.9. The van der Waals surface area contributed by atoms with Gasteiger partial charge in [0.25, 0.3) is 0 Å². The first kappa shape index (κ1) is 71.1. The third kappa shape index (κ3) is 18.0. The van der Waals surface area contributed by atoms with E-state index in [2.05, 4.69) is 268 Å². The summed E-state index contributed by atoms with van der Waals surface area (Å²) in [5.41, 5.74) is 26.0. The van der Waals surface area contributed by atoms with E-state index in [9.17, 15) is 0 Å². The van der Waals surface area contributed by atoms with E-state index in [4.69, 9.17) is 5.73 Å². The highest BCUT2D eigenvalue weighted by atomic mass is 15.2. The van der Waals surface area contributed by atoms with Crippen molar-refractivity contribution in [2.24, 2.45) is 70.8 Å². The fourth-order valence-electron chi connectivity index (χ4n) is 18.4. The number of nitrogens with zero attached hydrogens (tertiary/aromatic N) is 2. The topological polar surface area (TPSA) is 32.5 Å². The predicted molar refractivity (Wildman–Crippen MR) is 417 cm³/mol. The number of benzene rings is 4. The van der Waals surface area contributed by atoms with E-state index in [1.54, 1.807) is 16.7 Å². The number of allylic oxidation sites excluding steroid dienone is 15. The molecule has 13 unspecified atom stereocenters. The summed E-state index contributed by atoms with van der Waals surface area (Å²) >= 11 is 0. The standard InChI is InChI=1S/C93H125N3/c1-12-14-16-18-20-82-63-93(91-57-55-89(61-68(91)10)96(87-52-44-81(45-53-87)77-36-32-73(33-37-77)69(11)94)85-48-40-79(41-49-85)75-28-24-71(25-29-75)59-65(5)6)83(21-19-17-15-13-2)62-92(82)90-56-54-88(60-67(90)9)95(86-50-42-80(43-51-86)76-34-30-72(31-35-76)66(7)8)84-46-38-78(39-47-84)74-26-22-70(23-27-74)58-64(3)4/h22-26,28-30,32-34,36-42,44-50,52,55,60-62,64-66,69,72,74,76,80,82,86-88,90-93H,12-21,27,31,35,43,51,53-54,56-59,63,94H2,1-11H3. The second kappa shape index (κ2) is 34.1. The average Bonchev–Trinajstić information content (AvgIpc) is 0.772. The fourth-order valence-corrected chi connectivity index (χ4v) is 18.4. The van der Waals surface area contributed by atoms with Crippen molar-refractivity contribution >= 4 is 16.9 Å². The van der Waals surface area contributed by atoms with E-state index in [0.717, 1.165) is 37.5 Å². The molecule has 0 fully saturated rings. The molecule has 4 aromatic rings. The van der Waals surface area contributed by atoms with Crippen molar-refractivity contribution in [1.29, 1.82) is 0 Å². The molecule has 0 aromatic heterocycles. The molecule has 3 heteroatoms. The molecule has 96 heavy (non-hydrogen) atoms. The maximum Gasteiger partial charge on any atom is 0.0560 e. The second-order valence-electron chi connectivity index (χ2n) is 32.4. The Morgan fingerprint density at radius 2 is 1.18 bits per heavy atom. The van der Waals surface area contributed by atoms with Gasteiger partial charge in [-0.1, -0.05) is 274 Å². The maximum atomic E-state index is 6.29. The lowest BCUT2D eigenvalue weighted by Crippen LogP contribution is -2.45. The largest absolute Gasteiger partial charge is 0.359 e. The molecule has 0 amide bonds. The Morgan fingerprint density at radius 1 is 0.510 bits per heavy atom. The summed E-state index contributed by atoms with van der Waals surface area (Å²) in [5, 5.41) is 0. The van der Waals surface area contributed by atoms with Gasteiger partial charge in [-0.3, -0.25) is 0 Å². The number of hydrogen-bond donors (Lipinski definition) is 1. The van der Waals surface area contributed by atoms with Crippen LogP contribution in [-0.2, 0) is 6.42 Å². The SMILES string of the molecule is CCCCCCC1=CC(C2CCC(N(c3ccc(C4C=CC(CC(C)C)=CC4)cc3)C3C=CC(C4C=CC(C(C)C)CC4)CC3)C=C2C)C(CCCCCC)CC1C1CC=C(N(c2ccc(-c3ccc(CC(C)C)cc3)cc2)C2C=CC(c3ccc(C(C)N)cc3)=CC2)C=C1C. The average molecular weight is 1290 g/mol. The lowest BCUT2D eigenvalue weighted by Gasteiger charge is -2.47. The van der Waals surface area contributed by atoms with Gasteiger partial charge in [0.2, 0.25) is 0 Å². The van der Waals surface area contributed by atoms with Crippen molar-refractivity contribution in [3.05, 3.63) is 232 Å².